The number of nitrogens with zero attached hydrogens (tertiary/aromatic N) is 2. The molecular formula is C19H24ClN3O. The normalized spacial score (nSPS) is 21.1. The van der Waals surface area contributed by atoms with Crippen LogP contribution in [0.3, 0.4) is 0 Å². The van der Waals surface area contributed by atoms with Crippen LogP contribution in [-0.4, -0.2) is 23.1 Å². The van der Waals surface area contributed by atoms with Crippen LogP contribution in [0.5, 0.6) is 0 Å². The smallest absolute Gasteiger partial charge is 0.250 e. The van der Waals surface area contributed by atoms with Crippen molar-refractivity contribution in [1.82, 2.24) is 9.88 Å². The van der Waals surface area contributed by atoms with E-state index in [1.807, 2.05) is 47.2 Å². The summed E-state index contributed by atoms with van der Waals surface area (Å²) in [6, 6.07) is 16.4. The molecule has 24 heavy (non-hydrogen) atoms. The maximum atomic E-state index is 12.5. The van der Waals surface area contributed by atoms with Crippen LogP contribution in [0.1, 0.15) is 25.3 Å². The molecule has 1 amide bonds. The van der Waals surface area contributed by atoms with Gasteiger partial charge in [0.05, 0.1) is 0 Å². The zero-order chi connectivity index (χ0) is 16.1. The van der Waals surface area contributed by atoms with E-state index < -0.39 is 0 Å². The predicted octanol–water partition coefficient (Wildman–Crippen LogP) is 2.77. The van der Waals surface area contributed by atoms with Crippen LogP contribution in [-0.2, 0) is 11.3 Å². The van der Waals surface area contributed by atoms with Crippen molar-refractivity contribution in [2.75, 3.05) is 6.54 Å². The average Bonchev–Trinajstić information content (AvgIpc) is 2.57. The Kier molecular flexibility index (Phi) is 6.76. The average molecular weight is 346 g/mol. The number of carbonyl (C=O) groups is 1. The first-order chi connectivity index (χ1) is 11.2. The standard InChI is InChI=1S/C19H23N3O.ClH/c1-15-13-17(10-11-20-15)19(23)21-18-9-5-6-12-22(18)14-16-7-3-2-4-8-16;/h2-9,12,15,17,20H,10-11,13-14H2,1H3;1H/t15-,17-;/m0./s1. The highest BCUT2D eigenvalue weighted by atomic mass is 35.5. The number of pyridine rings is 1. The molecule has 5 heteroatoms. The second-order valence-corrected chi connectivity index (χ2v) is 6.20. The van der Waals surface area contributed by atoms with Gasteiger partial charge in [-0.15, -0.1) is 12.4 Å². The summed E-state index contributed by atoms with van der Waals surface area (Å²) in [4.78, 5) is 16.9. The molecule has 2 atom stereocenters. The molecule has 0 radical (unpaired) electrons. The van der Waals surface area contributed by atoms with Crippen LogP contribution < -0.4 is 10.8 Å². The van der Waals surface area contributed by atoms with Gasteiger partial charge in [-0.1, -0.05) is 36.4 Å². The minimum Gasteiger partial charge on any atom is -0.328 e. The van der Waals surface area contributed by atoms with Gasteiger partial charge in [0.1, 0.15) is 5.49 Å². The molecule has 1 aliphatic rings. The van der Waals surface area contributed by atoms with Crippen molar-refractivity contribution in [2.45, 2.75) is 32.4 Å². The Morgan fingerprint density at radius 3 is 2.71 bits per heavy atom. The van der Waals surface area contributed by atoms with E-state index in [1.165, 1.54) is 5.56 Å². The van der Waals surface area contributed by atoms with E-state index in [2.05, 4.69) is 29.4 Å². The molecule has 1 aromatic carbocycles. The lowest BCUT2D eigenvalue weighted by Crippen LogP contribution is -2.38. The Hall–Kier alpha value is -1.91. The lowest BCUT2D eigenvalue weighted by molar-refractivity contribution is -0.122. The van der Waals surface area contributed by atoms with Gasteiger partial charge in [-0.05, 0) is 44.0 Å². The zero-order valence-corrected chi connectivity index (χ0v) is 14.7. The van der Waals surface area contributed by atoms with Crippen molar-refractivity contribution in [3.63, 3.8) is 0 Å². The van der Waals surface area contributed by atoms with E-state index in [-0.39, 0.29) is 24.2 Å². The van der Waals surface area contributed by atoms with Crippen LogP contribution >= 0.6 is 12.4 Å². The van der Waals surface area contributed by atoms with Crippen LogP contribution in [0.25, 0.3) is 0 Å². The molecule has 2 heterocycles. The molecule has 1 aliphatic heterocycles. The number of rotatable bonds is 3. The molecule has 1 fully saturated rings. The van der Waals surface area contributed by atoms with Crippen LogP contribution in [0.15, 0.2) is 59.7 Å². The van der Waals surface area contributed by atoms with Gasteiger partial charge in [0, 0.05) is 24.7 Å². The summed E-state index contributed by atoms with van der Waals surface area (Å²) in [6.45, 7) is 3.74. The van der Waals surface area contributed by atoms with Gasteiger partial charge in [-0.2, -0.15) is 4.99 Å². The molecule has 0 unspecified atom stereocenters. The molecule has 2 aromatic rings. The highest BCUT2D eigenvalue weighted by molar-refractivity contribution is 5.85. The Morgan fingerprint density at radius 1 is 1.21 bits per heavy atom. The number of nitrogens with one attached hydrogen (secondary N) is 1. The monoisotopic (exact) mass is 345 g/mol. The fourth-order valence-electron chi connectivity index (χ4n) is 3.04. The van der Waals surface area contributed by atoms with E-state index in [9.17, 15) is 4.79 Å². The third kappa shape index (κ3) is 4.79. The van der Waals surface area contributed by atoms with E-state index in [1.54, 1.807) is 0 Å². The summed E-state index contributed by atoms with van der Waals surface area (Å²) in [5.41, 5.74) is 1.93. The second-order valence-electron chi connectivity index (χ2n) is 6.20. The minimum atomic E-state index is 0. The molecule has 128 valence electrons. The Bertz CT molecular complexity index is 727. The fraction of sp³-hybridized carbons (Fsp3) is 0.368. The first-order valence-corrected chi connectivity index (χ1v) is 8.24. The van der Waals surface area contributed by atoms with Gasteiger partial charge < -0.3 is 9.88 Å². The zero-order valence-electron chi connectivity index (χ0n) is 13.9. The first kappa shape index (κ1) is 18.4. The van der Waals surface area contributed by atoms with Gasteiger partial charge in [0.2, 0.25) is 0 Å². The van der Waals surface area contributed by atoms with Crippen LogP contribution in [0, 0.1) is 5.92 Å². The third-order valence-electron chi connectivity index (χ3n) is 4.31. The second kappa shape index (κ2) is 8.81. The molecular weight excluding hydrogens is 322 g/mol. The van der Waals surface area contributed by atoms with E-state index >= 15 is 0 Å². The van der Waals surface area contributed by atoms with Crippen LogP contribution in [0.4, 0.5) is 0 Å². The van der Waals surface area contributed by atoms with E-state index in [4.69, 9.17) is 0 Å². The van der Waals surface area contributed by atoms with Gasteiger partial charge in [-0.3, -0.25) is 4.79 Å². The highest BCUT2D eigenvalue weighted by Crippen LogP contribution is 2.17. The SMILES string of the molecule is C[C@H]1C[C@@H](C(=O)N=c2ccccn2Cc2ccccc2)CCN1.Cl. The van der Waals surface area contributed by atoms with Crippen molar-refractivity contribution >= 4 is 18.3 Å². The number of hydrogen-bond acceptors (Lipinski definition) is 2. The molecule has 1 saturated heterocycles. The molecule has 0 bridgehead atoms. The number of halogens is 1. The molecule has 3 rings (SSSR count). The maximum Gasteiger partial charge on any atom is 0.250 e. The highest BCUT2D eigenvalue weighted by Gasteiger charge is 2.24. The number of hydrogen-bond donors (Lipinski definition) is 1. The van der Waals surface area contributed by atoms with Gasteiger partial charge in [0.25, 0.3) is 5.91 Å². The lowest BCUT2D eigenvalue weighted by atomic mass is 9.93. The van der Waals surface area contributed by atoms with Gasteiger partial charge >= 0.3 is 0 Å². The first-order valence-electron chi connectivity index (χ1n) is 8.24. The number of carbonyl (C=O) groups excluding carboxylic acids is 1. The van der Waals surface area contributed by atoms with Gasteiger partial charge in [0.15, 0.2) is 0 Å². The lowest BCUT2D eigenvalue weighted by Gasteiger charge is -2.25. The van der Waals surface area contributed by atoms with Gasteiger partial charge in [-0.25, -0.2) is 0 Å². The summed E-state index contributed by atoms with van der Waals surface area (Å²) >= 11 is 0. The fourth-order valence-corrected chi connectivity index (χ4v) is 3.04. The molecule has 0 spiro atoms. The molecule has 0 saturated carbocycles. The third-order valence-corrected chi connectivity index (χ3v) is 4.31. The summed E-state index contributed by atoms with van der Waals surface area (Å²) in [6.07, 6.45) is 3.72. The summed E-state index contributed by atoms with van der Waals surface area (Å²) in [7, 11) is 0. The number of benzene rings is 1. The van der Waals surface area contributed by atoms with E-state index in [0.717, 1.165) is 31.4 Å². The quantitative estimate of drug-likeness (QED) is 0.929. The number of piperidine rings is 1. The number of aromatic nitrogens is 1. The molecule has 1 aromatic heterocycles. The summed E-state index contributed by atoms with van der Waals surface area (Å²) in [5.74, 6) is 0.0444. The minimum absolute atomic E-state index is 0. The van der Waals surface area contributed by atoms with Crippen molar-refractivity contribution in [1.29, 1.82) is 0 Å². The molecule has 1 N–H and O–H groups in total. The van der Waals surface area contributed by atoms with Crippen molar-refractivity contribution in [3.8, 4) is 0 Å². The predicted molar refractivity (Wildman–Crippen MR) is 98.0 cm³/mol. The Labute approximate surface area is 149 Å². The largest absolute Gasteiger partial charge is 0.328 e. The molecule has 0 aliphatic carbocycles. The summed E-state index contributed by atoms with van der Waals surface area (Å²) in [5, 5.41) is 3.38. The van der Waals surface area contributed by atoms with E-state index in [0.29, 0.717) is 6.04 Å². The van der Waals surface area contributed by atoms with Crippen molar-refractivity contribution in [2.24, 2.45) is 10.9 Å². The number of amides is 1. The van der Waals surface area contributed by atoms with Crippen LogP contribution in [0.2, 0.25) is 0 Å². The maximum absolute atomic E-state index is 12.5. The van der Waals surface area contributed by atoms with Crippen molar-refractivity contribution < 1.29 is 4.79 Å². The topological polar surface area (TPSA) is 46.4 Å². The summed E-state index contributed by atoms with van der Waals surface area (Å²) < 4.78 is 2.03. The Morgan fingerprint density at radius 2 is 1.96 bits per heavy atom. The Balaban J connectivity index is 0.00000208. The van der Waals surface area contributed by atoms with Crippen molar-refractivity contribution in [3.05, 3.63) is 65.8 Å². The molecule has 4 nitrogen and oxygen atoms in total.